The van der Waals surface area contributed by atoms with Crippen LogP contribution in [0, 0.1) is 5.41 Å². The van der Waals surface area contributed by atoms with Crippen molar-refractivity contribution in [3.63, 3.8) is 0 Å². The first-order valence-corrected chi connectivity index (χ1v) is 12.4. The quantitative estimate of drug-likeness (QED) is 0.268. The highest BCUT2D eigenvalue weighted by atomic mass is 32.2. The Labute approximate surface area is 197 Å². The van der Waals surface area contributed by atoms with Gasteiger partial charge in [0.05, 0.1) is 20.0 Å². The van der Waals surface area contributed by atoms with Gasteiger partial charge in [0.25, 0.3) is 5.91 Å². The Balaban J connectivity index is 1.50. The molecule has 0 bridgehead atoms. The first-order chi connectivity index (χ1) is 14.7. The minimum absolute atomic E-state index is 0.114. The zero-order valence-corrected chi connectivity index (χ0v) is 20.5. The number of hydrogen-bond donors (Lipinski definition) is 2. The van der Waals surface area contributed by atoms with Crippen molar-refractivity contribution in [3.05, 3.63) is 71.2 Å². The monoisotopic (exact) mass is 472 g/mol. The normalized spacial score (nSPS) is 11.5. The van der Waals surface area contributed by atoms with Crippen molar-refractivity contribution >= 4 is 51.2 Å². The van der Waals surface area contributed by atoms with E-state index in [1.165, 1.54) is 0 Å². The summed E-state index contributed by atoms with van der Waals surface area (Å²) in [4.78, 5) is 13.0. The Morgan fingerprint density at radius 3 is 2.48 bits per heavy atom. The first-order valence-electron chi connectivity index (χ1n) is 10.2. The van der Waals surface area contributed by atoms with Gasteiger partial charge in [-0.15, -0.1) is 23.1 Å². The number of amides is 1. The van der Waals surface area contributed by atoms with E-state index >= 15 is 0 Å². The van der Waals surface area contributed by atoms with E-state index in [-0.39, 0.29) is 11.3 Å². The van der Waals surface area contributed by atoms with Crippen LogP contribution < -0.4 is 11.1 Å². The highest BCUT2D eigenvalue weighted by molar-refractivity contribution is 8.00. The fraction of sp³-hybridized carbons (Fsp3) is 0.333. The molecule has 0 radical (unpaired) electrons. The molecule has 1 aromatic carbocycles. The lowest BCUT2D eigenvalue weighted by molar-refractivity contribution is 0.102. The van der Waals surface area contributed by atoms with Gasteiger partial charge in [-0.05, 0) is 53.8 Å². The van der Waals surface area contributed by atoms with Gasteiger partial charge in [-0.3, -0.25) is 4.79 Å². The van der Waals surface area contributed by atoms with E-state index in [4.69, 9.17) is 22.4 Å². The summed E-state index contributed by atoms with van der Waals surface area (Å²) in [6, 6.07) is 15.6. The number of carbonyl (C=O) groups is 1. The number of thiocarbonyl (C=S) groups is 1. The fourth-order valence-electron chi connectivity index (χ4n) is 3.00. The predicted octanol–water partition coefficient (Wildman–Crippen LogP) is 6.69. The summed E-state index contributed by atoms with van der Waals surface area (Å²) in [6.07, 6.45) is 2.39. The molecule has 0 aliphatic rings. The third-order valence-corrected chi connectivity index (χ3v) is 6.93. The molecular formula is C24H28N2O2S3. The smallest absolute Gasteiger partial charge is 0.256 e. The predicted molar refractivity (Wildman–Crippen MR) is 135 cm³/mol. The van der Waals surface area contributed by atoms with Gasteiger partial charge in [-0.25, -0.2) is 0 Å². The molecule has 0 saturated carbocycles. The number of thioether (sulfide) groups is 1. The average Bonchev–Trinajstić information content (AvgIpc) is 3.33. The molecule has 2 aromatic heterocycles. The molecule has 0 atom stereocenters. The second-order valence-electron chi connectivity index (χ2n) is 8.63. The number of nitrogens with one attached hydrogen (secondary N) is 1. The summed E-state index contributed by atoms with van der Waals surface area (Å²) < 4.78 is 7.09. The van der Waals surface area contributed by atoms with Crippen LogP contribution in [0.5, 0.6) is 0 Å². The number of anilines is 1. The molecule has 0 aliphatic heterocycles. The van der Waals surface area contributed by atoms with Gasteiger partial charge in [0, 0.05) is 18.4 Å². The highest BCUT2D eigenvalue weighted by Crippen LogP contribution is 2.33. The summed E-state index contributed by atoms with van der Waals surface area (Å²) in [6.45, 7) is 6.62. The number of hydrogen-bond acceptors (Lipinski definition) is 5. The molecule has 4 nitrogen and oxygen atoms in total. The maximum Gasteiger partial charge on any atom is 0.256 e. The van der Waals surface area contributed by atoms with E-state index in [1.54, 1.807) is 23.1 Å². The van der Waals surface area contributed by atoms with E-state index in [0.717, 1.165) is 44.9 Å². The Hall–Kier alpha value is -2.09. The zero-order chi connectivity index (χ0) is 22.4. The van der Waals surface area contributed by atoms with Crippen molar-refractivity contribution in [1.29, 1.82) is 0 Å². The molecule has 0 unspecified atom stereocenters. The largest absolute Gasteiger partial charge is 0.465 e. The molecule has 3 N–H and O–H groups in total. The lowest BCUT2D eigenvalue weighted by Crippen LogP contribution is -2.11. The Morgan fingerprint density at radius 2 is 1.81 bits per heavy atom. The van der Waals surface area contributed by atoms with Crippen molar-refractivity contribution in [1.82, 2.24) is 0 Å². The summed E-state index contributed by atoms with van der Waals surface area (Å²) in [7, 11) is 0. The number of nitrogens with two attached hydrogens (primary N) is 1. The number of aryl methyl sites for hydroxylation is 1. The van der Waals surface area contributed by atoms with Crippen LogP contribution >= 0.6 is 35.3 Å². The van der Waals surface area contributed by atoms with Crippen molar-refractivity contribution in [3.8, 4) is 0 Å². The van der Waals surface area contributed by atoms with Crippen LogP contribution in [0.15, 0.2) is 57.2 Å². The van der Waals surface area contributed by atoms with Crippen LogP contribution in [0.3, 0.4) is 0 Å². The molecule has 0 fully saturated rings. The summed E-state index contributed by atoms with van der Waals surface area (Å²) >= 11 is 8.19. The summed E-state index contributed by atoms with van der Waals surface area (Å²) in [5.74, 6) is 2.65. The number of thiophene rings is 1. The third kappa shape index (κ3) is 7.83. The topological polar surface area (TPSA) is 68.3 Å². The van der Waals surface area contributed by atoms with Crippen molar-refractivity contribution < 1.29 is 9.21 Å². The average molecular weight is 473 g/mol. The minimum atomic E-state index is -0.114. The van der Waals surface area contributed by atoms with Gasteiger partial charge in [-0.1, -0.05) is 45.1 Å². The van der Waals surface area contributed by atoms with Crippen molar-refractivity contribution in [2.75, 3.05) is 5.32 Å². The molecule has 31 heavy (non-hydrogen) atoms. The molecular weight excluding hydrogens is 444 g/mol. The Morgan fingerprint density at radius 1 is 1.10 bits per heavy atom. The summed E-state index contributed by atoms with van der Waals surface area (Å²) in [5.41, 5.74) is 7.50. The lowest BCUT2D eigenvalue weighted by atomic mass is 9.91. The second kappa shape index (κ2) is 10.5. The Kier molecular flexibility index (Phi) is 7.97. The molecule has 7 heteroatoms. The fourth-order valence-corrected chi connectivity index (χ4v) is 5.02. The van der Waals surface area contributed by atoms with Gasteiger partial charge >= 0.3 is 0 Å². The number of rotatable bonds is 9. The van der Waals surface area contributed by atoms with E-state index in [2.05, 4.69) is 38.2 Å². The SMILES string of the molecule is CC(C)(C)Cc1ccc(CSc2ccc(NC(=O)c3ccc(CCC(N)=S)cc3)s2)o1. The highest BCUT2D eigenvalue weighted by Gasteiger charge is 2.14. The molecule has 0 saturated heterocycles. The minimum Gasteiger partial charge on any atom is -0.465 e. The molecule has 3 rings (SSSR count). The third-order valence-electron chi connectivity index (χ3n) is 4.47. The lowest BCUT2D eigenvalue weighted by Gasteiger charge is -2.15. The van der Waals surface area contributed by atoms with Gasteiger partial charge < -0.3 is 15.5 Å². The van der Waals surface area contributed by atoms with Crippen LogP contribution in [0.1, 0.15) is 54.6 Å². The van der Waals surface area contributed by atoms with E-state index < -0.39 is 0 Å². The van der Waals surface area contributed by atoms with Gasteiger partial charge in [0.1, 0.15) is 11.5 Å². The van der Waals surface area contributed by atoms with Crippen LogP contribution in [0.4, 0.5) is 5.00 Å². The molecule has 0 aliphatic carbocycles. The molecule has 164 valence electrons. The zero-order valence-electron chi connectivity index (χ0n) is 18.1. The molecule has 3 aromatic rings. The standard InChI is InChI=1S/C24H28N2O2S3/c1-24(2,3)14-18-9-10-19(28-18)15-30-22-13-12-21(31-22)26-23(27)17-7-4-16(5-8-17)6-11-20(25)29/h4-5,7-10,12-13H,6,11,14-15H2,1-3H3,(H2,25,29)(H,26,27). The molecule has 2 heterocycles. The molecule has 1 amide bonds. The van der Waals surface area contributed by atoms with Gasteiger partial charge in [0.15, 0.2) is 0 Å². The Bertz CT molecular complexity index is 1030. The number of carbonyl (C=O) groups excluding carboxylic acids is 1. The molecule has 0 spiro atoms. The maximum absolute atomic E-state index is 12.5. The summed E-state index contributed by atoms with van der Waals surface area (Å²) in [5, 5.41) is 3.81. The van der Waals surface area contributed by atoms with Gasteiger partial charge in [0.2, 0.25) is 0 Å². The van der Waals surface area contributed by atoms with E-state index in [9.17, 15) is 4.79 Å². The second-order valence-corrected chi connectivity index (χ2v) is 11.5. The maximum atomic E-state index is 12.5. The van der Waals surface area contributed by atoms with Crippen LogP contribution in [0.25, 0.3) is 0 Å². The van der Waals surface area contributed by atoms with Gasteiger partial charge in [-0.2, -0.15) is 0 Å². The number of furan rings is 1. The van der Waals surface area contributed by atoms with Crippen LogP contribution in [-0.4, -0.2) is 10.9 Å². The first kappa shape index (κ1) is 23.6. The van der Waals surface area contributed by atoms with Crippen LogP contribution in [0.2, 0.25) is 0 Å². The van der Waals surface area contributed by atoms with E-state index in [0.29, 0.717) is 17.0 Å². The van der Waals surface area contributed by atoms with Crippen LogP contribution in [-0.2, 0) is 18.6 Å². The van der Waals surface area contributed by atoms with Crippen molar-refractivity contribution in [2.45, 2.75) is 50.0 Å². The van der Waals surface area contributed by atoms with Crippen molar-refractivity contribution in [2.24, 2.45) is 11.1 Å². The van der Waals surface area contributed by atoms with E-state index in [1.807, 2.05) is 36.4 Å². The number of benzene rings is 1.